The molecular formula is C30H28N2O3. The Morgan fingerprint density at radius 2 is 1.69 bits per heavy atom. The van der Waals surface area contributed by atoms with Crippen molar-refractivity contribution in [2.45, 2.75) is 51.1 Å². The summed E-state index contributed by atoms with van der Waals surface area (Å²) in [7, 11) is 0. The second-order valence-corrected chi connectivity index (χ2v) is 10.2. The van der Waals surface area contributed by atoms with Gasteiger partial charge in [0.1, 0.15) is 11.3 Å². The summed E-state index contributed by atoms with van der Waals surface area (Å²) >= 11 is 0. The van der Waals surface area contributed by atoms with Gasteiger partial charge in [0.15, 0.2) is 0 Å². The summed E-state index contributed by atoms with van der Waals surface area (Å²) < 4.78 is 6.33. The van der Waals surface area contributed by atoms with E-state index in [0.717, 1.165) is 52.7 Å². The summed E-state index contributed by atoms with van der Waals surface area (Å²) in [5.41, 5.74) is 4.14. The minimum atomic E-state index is -0.891. The lowest BCUT2D eigenvalue weighted by Crippen LogP contribution is -2.60. The molecule has 176 valence electrons. The fourth-order valence-electron chi connectivity index (χ4n) is 5.46. The van der Waals surface area contributed by atoms with Crippen LogP contribution in [-0.2, 0) is 5.54 Å². The van der Waals surface area contributed by atoms with Gasteiger partial charge in [-0.2, -0.15) is 5.26 Å². The Kier molecular flexibility index (Phi) is 5.40. The molecule has 3 aromatic carbocycles. The predicted molar refractivity (Wildman–Crippen MR) is 137 cm³/mol. The molecule has 0 aliphatic heterocycles. The van der Waals surface area contributed by atoms with Gasteiger partial charge in [0.05, 0.1) is 17.2 Å². The van der Waals surface area contributed by atoms with Crippen LogP contribution in [0, 0.1) is 11.3 Å². The topological polar surface area (TPSA) is 77.5 Å². The van der Waals surface area contributed by atoms with Crippen molar-refractivity contribution < 1.29 is 14.3 Å². The number of hydrogen-bond acceptors (Lipinski definition) is 3. The van der Waals surface area contributed by atoms with E-state index in [2.05, 4.69) is 18.2 Å². The molecule has 0 saturated heterocycles. The average Bonchev–Trinajstić information content (AvgIpc) is 3.19. The third-order valence-corrected chi connectivity index (χ3v) is 7.04. The Balaban J connectivity index is 1.63. The number of furan rings is 1. The smallest absolute Gasteiger partial charge is 0.408 e. The molecule has 4 aromatic rings. The van der Waals surface area contributed by atoms with E-state index in [4.69, 9.17) is 4.42 Å². The first-order chi connectivity index (χ1) is 16.7. The van der Waals surface area contributed by atoms with E-state index >= 15 is 0 Å². The molecule has 5 nitrogen and oxygen atoms in total. The minimum absolute atomic E-state index is 0.511. The van der Waals surface area contributed by atoms with Gasteiger partial charge in [-0.05, 0) is 69.4 Å². The van der Waals surface area contributed by atoms with Crippen molar-refractivity contribution in [1.82, 2.24) is 4.90 Å². The van der Waals surface area contributed by atoms with Gasteiger partial charge in [-0.1, -0.05) is 54.6 Å². The summed E-state index contributed by atoms with van der Waals surface area (Å²) in [6.45, 7) is 5.85. The minimum Gasteiger partial charge on any atom is -0.465 e. The number of carboxylic acid groups (broad SMARTS) is 1. The van der Waals surface area contributed by atoms with Crippen LogP contribution in [0.25, 0.3) is 33.4 Å². The molecular weight excluding hydrogens is 436 g/mol. The predicted octanol–water partition coefficient (Wildman–Crippen LogP) is 7.80. The van der Waals surface area contributed by atoms with E-state index < -0.39 is 17.2 Å². The number of fused-ring (bicyclic) bond motifs is 1. The molecule has 1 aliphatic carbocycles. The van der Waals surface area contributed by atoms with E-state index in [9.17, 15) is 15.2 Å². The van der Waals surface area contributed by atoms with E-state index in [1.807, 2.05) is 75.4 Å². The van der Waals surface area contributed by atoms with E-state index in [1.165, 1.54) is 0 Å². The van der Waals surface area contributed by atoms with Crippen LogP contribution in [0.15, 0.2) is 77.2 Å². The number of hydrogen-bond donors (Lipinski definition) is 1. The Morgan fingerprint density at radius 3 is 2.23 bits per heavy atom. The van der Waals surface area contributed by atoms with Gasteiger partial charge < -0.3 is 9.52 Å². The van der Waals surface area contributed by atoms with Crippen LogP contribution in [0.3, 0.4) is 0 Å². The maximum atomic E-state index is 12.3. The van der Waals surface area contributed by atoms with Crippen molar-refractivity contribution in [3.63, 3.8) is 0 Å². The first-order valence-corrected chi connectivity index (χ1v) is 11.9. The molecule has 1 heterocycles. The van der Waals surface area contributed by atoms with Gasteiger partial charge in [-0.15, -0.1) is 0 Å². The van der Waals surface area contributed by atoms with Crippen LogP contribution in [-0.4, -0.2) is 21.6 Å². The summed E-state index contributed by atoms with van der Waals surface area (Å²) in [5.74, 6) is 0.737. The molecule has 0 bridgehead atoms. The number of nitrogens with zero attached hydrogens (tertiary/aromatic N) is 2. The van der Waals surface area contributed by atoms with Crippen molar-refractivity contribution >= 4 is 17.1 Å². The molecule has 1 amide bonds. The lowest BCUT2D eigenvalue weighted by Gasteiger charge is -2.54. The van der Waals surface area contributed by atoms with Gasteiger partial charge in [0.25, 0.3) is 0 Å². The van der Waals surface area contributed by atoms with Gasteiger partial charge in [0.2, 0.25) is 0 Å². The number of benzene rings is 3. The highest BCUT2D eigenvalue weighted by Gasteiger charge is 2.50. The standard InChI is InChI=1S/C30H28N2O3/c1-29(2,3)32(28(33)34)30(16-7-17-30)23-13-11-22(12-14-23)27-26(21-8-5-4-6-9-21)24-15-10-20(19-31)18-25(24)35-27/h4-6,8-15,18H,7,16-17H2,1-3H3,(H,33,34). The van der Waals surface area contributed by atoms with Crippen LogP contribution in [0.4, 0.5) is 4.79 Å². The van der Waals surface area contributed by atoms with Gasteiger partial charge in [0, 0.05) is 22.1 Å². The Labute approximate surface area is 205 Å². The number of amides is 1. The zero-order valence-corrected chi connectivity index (χ0v) is 20.2. The van der Waals surface area contributed by atoms with Crippen LogP contribution < -0.4 is 0 Å². The Morgan fingerprint density at radius 1 is 1.00 bits per heavy atom. The molecule has 1 aromatic heterocycles. The first kappa shape index (κ1) is 22.7. The summed E-state index contributed by atoms with van der Waals surface area (Å²) in [6, 6.07) is 25.9. The maximum Gasteiger partial charge on any atom is 0.408 e. The number of rotatable bonds is 4. The second-order valence-electron chi connectivity index (χ2n) is 10.2. The molecule has 1 aliphatic rings. The third-order valence-electron chi connectivity index (χ3n) is 7.04. The van der Waals surface area contributed by atoms with Gasteiger partial charge >= 0.3 is 6.09 Å². The Hall–Kier alpha value is -4.04. The lowest BCUT2D eigenvalue weighted by molar-refractivity contribution is -0.0328. The van der Waals surface area contributed by atoms with E-state index in [-0.39, 0.29) is 0 Å². The van der Waals surface area contributed by atoms with E-state index in [0.29, 0.717) is 11.1 Å². The molecule has 0 unspecified atom stereocenters. The lowest BCUT2D eigenvalue weighted by atomic mass is 9.69. The van der Waals surface area contributed by atoms with Crippen LogP contribution in [0.1, 0.15) is 51.2 Å². The fraction of sp³-hybridized carbons (Fsp3) is 0.267. The van der Waals surface area contributed by atoms with Crippen LogP contribution in [0.2, 0.25) is 0 Å². The quantitative estimate of drug-likeness (QED) is 0.334. The molecule has 0 radical (unpaired) electrons. The molecule has 0 spiro atoms. The van der Waals surface area contributed by atoms with Crippen molar-refractivity contribution in [2.24, 2.45) is 0 Å². The number of nitriles is 1. The van der Waals surface area contributed by atoms with E-state index in [1.54, 1.807) is 11.0 Å². The highest BCUT2D eigenvalue weighted by atomic mass is 16.4. The van der Waals surface area contributed by atoms with Crippen molar-refractivity contribution in [2.75, 3.05) is 0 Å². The SMILES string of the molecule is CC(C)(C)N(C(=O)O)C1(c2ccc(-c3oc4cc(C#N)ccc4c3-c3ccccc3)cc2)CCC1. The fourth-order valence-corrected chi connectivity index (χ4v) is 5.46. The van der Waals surface area contributed by atoms with Crippen LogP contribution in [0.5, 0.6) is 0 Å². The molecule has 1 fully saturated rings. The van der Waals surface area contributed by atoms with Crippen molar-refractivity contribution in [1.29, 1.82) is 5.26 Å². The molecule has 5 heteroatoms. The van der Waals surface area contributed by atoms with Gasteiger partial charge in [-0.3, -0.25) is 4.90 Å². The molecule has 5 rings (SSSR count). The molecule has 1 saturated carbocycles. The maximum absolute atomic E-state index is 12.3. The normalized spacial score (nSPS) is 14.8. The number of carbonyl (C=O) groups is 1. The zero-order valence-electron chi connectivity index (χ0n) is 20.2. The largest absolute Gasteiger partial charge is 0.465 e. The van der Waals surface area contributed by atoms with Crippen molar-refractivity contribution in [3.8, 4) is 28.5 Å². The zero-order chi connectivity index (χ0) is 24.8. The highest BCUT2D eigenvalue weighted by molar-refractivity contribution is 6.02. The van der Waals surface area contributed by atoms with Gasteiger partial charge in [-0.25, -0.2) is 4.79 Å². The third kappa shape index (κ3) is 3.76. The molecule has 0 atom stereocenters. The van der Waals surface area contributed by atoms with Crippen LogP contribution >= 0.6 is 0 Å². The summed E-state index contributed by atoms with van der Waals surface area (Å²) in [5, 5.41) is 20.4. The molecule has 1 N–H and O–H groups in total. The monoisotopic (exact) mass is 464 g/mol. The first-order valence-electron chi connectivity index (χ1n) is 11.9. The Bertz CT molecular complexity index is 1430. The molecule has 35 heavy (non-hydrogen) atoms. The second kappa shape index (κ2) is 8.32. The van der Waals surface area contributed by atoms with Crippen molar-refractivity contribution in [3.05, 3.63) is 83.9 Å². The average molecular weight is 465 g/mol. The summed E-state index contributed by atoms with van der Waals surface area (Å²) in [6.07, 6.45) is 1.74. The summed E-state index contributed by atoms with van der Waals surface area (Å²) in [4.78, 5) is 13.9. The highest BCUT2D eigenvalue weighted by Crippen LogP contribution is 2.50.